The first-order valence-corrected chi connectivity index (χ1v) is 9.31. The van der Waals surface area contributed by atoms with Gasteiger partial charge < -0.3 is 15.3 Å². The summed E-state index contributed by atoms with van der Waals surface area (Å²) >= 11 is 0. The fourth-order valence-corrected chi connectivity index (χ4v) is 4.27. The van der Waals surface area contributed by atoms with E-state index < -0.39 is 5.54 Å². The third kappa shape index (κ3) is 3.57. The standard InChI is InChI=1S/C22H26N2O3/c1-5-6-17-11-14(2)19(15(3)12-17)20-18(26)13-22(23-21(20)27)7-9-24(10-8-22)16(4)25/h11-12,26H,7-10,13H2,1-4H3,(H,23,27). The summed E-state index contributed by atoms with van der Waals surface area (Å²) in [6.45, 7) is 8.42. The average Bonchev–Trinajstić information content (AvgIpc) is 2.57. The number of aliphatic hydroxyl groups excluding tert-OH is 1. The third-order valence-corrected chi connectivity index (χ3v) is 5.62. The molecule has 1 aromatic carbocycles. The minimum Gasteiger partial charge on any atom is -0.511 e. The van der Waals surface area contributed by atoms with Crippen LogP contribution >= 0.6 is 0 Å². The fourth-order valence-electron chi connectivity index (χ4n) is 4.27. The zero-order chi connectivity index (χ0) is 19.8. The smallest absolute Gasteiger partial charge is 0.255 e. The van der Waals surface area contributed by atoms with E-state index in [1.807, 2.05) is 26.0 Å². The lowest BCUT2D eigenvalue weighted by atomic mass is 9.78. The molecule has 1 spiro atoms. The number of nitrogens with zero attached hydrogens (tertiary/aromatic N) is 1. The highest BCUT2D eigenvalue weighted by atomic mass is 16.3. The Morgan fingerprint density at radius 3 is 2.30 bits per heavy atom. The number of nitrogens with one attached hydrogen (secondary N) is 1. The quantitative estimate of drug-likeness (QED) is 0.751. The Hall–Kier alpha value is -2.74. The van der Waals surface area contributed by atoms with Crippen LogP contribution in [0.2, 0.25) is 0 Å². The number of hydrogen-bond acceptors (Lipinski definition) is 3. The number of hydrogen-bond donors (Lipinski definition) is 2. The number of aliphatic hydroxyl groups is 1. The van der Waals surface area contributed by atoms with Gasteiger partial charge >= 0.3 is 0 Å². The number of benzene rings is 1. The van der Waals surface area contributed by atoms with Crippen LogP contribution in [0.25, 0.3) is 5.57 Å². The summed E-state index contributed by atoms with van der Waals surface area (Å²) in [5.41, 5.74) is 3.43. The van der Waals surface area contributed by atoms with Crippen LogP contribution in [-0.4, -0.2) is 40.4 Å². The normalized spacial score (nSPS) is 18.8. The van der Waals surface area contributed by atoms with Crippen LogP contribution in [0.1, 0.15) is 55.4 Å². The van der Waals surface area contributed by atoms with E-state index in [0.717, 1.165) is 22.3 Å². The molecule has 2 aliphatic heterocycles. The maximum absolute atomic E-state index is 13.0. The molecule has 0 aliphatic carbocycles. The summed E-state index contributed by atoms with van der Waals surface area (Å²) in [7, 11) is 0. The summed E-state index contributed by atoms with van der Waals surface area (Å²) in [5, 5.41) is 14.0. The first-order valence-electron chi connectivity index (χ1n) is 9.31. The van der Waals surface area contributed by atoms with Crippen LogP contribution < -0.4 is 5.32 Å². The van der Waals surface area contributed by atoms with Gasteiger partial charge in [0.1, 0.15) is 5.76 Å². The van der Waals surface area contributed by atoms with Crippen molar-refractivity contribution in [3.8, 4) is 11.8 Å². The van der Waals surface area contributed by atoms with Crippen LogP contribution in [-0.2, 0) is 9.59 Å². The highest BCUT2D eigenvalue weighted by molar-refractivity contribution is 6.22. The van der Waals surface area contributed by atoms with Crippen LogP contribution in [0.3, 0.4) is 0 Å². The molecule has 5 nitrogen and oxygen atoms in total. The van der Waals surface area contributed by atoms with Gasteiger partial charge in [-0.2, -0.15) is 0 Å². The number of carbonyl (C=O) groups excluding carboxylic acids is 2. The first kappa shape index (κ1) is 19.0. The molecule has 27 heavy (non-hydrogen) atoms. The van der Waals surface area contributed by atoms with Gasteiger partial charge in [-0.15, -0.1) is 5.92 Å². The van der Waals surface area contributed by atoms with Crippen LogP contribution in [0, 0.1) is 25.7 Å². The summed E-state index contributed by atoms with van der Waals surface area (Å²) in [4.78, 5) is 26.3. The summed E-state index contributed by atoms with van der Waals surface area (Å²) in [6, 6.07) is 3.89. The average molecular weight is 366 g/mol. The molecule has 1 aromatic rings. The molecule has 0 atom stereocenters. The molecule has 0 radical (unpaired) electrons. The molecule has 0 bridgehead atoms. The van der Waals surface area contributed by atoms with Gasteiger partial charge in [0, 0.05) is 32.0 Å². The highest BCUT2D eigenvalue weighted by Crippen LogP contribution is 2.37. The Morgan fingerprint density at radius 1 is 1.22 bits per heavy atom. The van der Waals surface area contributed by atoms with Gasteiger partial charge in [0.25, 0.3) is 5.91 Å². The minimum absolute atomic E-state index is 0.0500. The van der Waals surface area contributed by atoms with Gasteiger partial charge in [-0.25, -0.2) is 0 Å². The minimum atomic E-state index is -0.466. The largest absolute Gasteiger partial charge is 0.511 e. The van der Waals surface area contributed by atoms with Crippen molar-refractivity contribution < 1.29 is 14.7 Å². The maximum atomic E-state index is 13.0. The number of aryl methyl sites for hydroxylation is 2. The predicted molar refractivity (Wildman–Crippen MR) is 105 cm³/mol. The predicted octanol–water partition coefficient (Wildman–Crippen LogP) is 2.84. The van der Waals surface area contributed by atoms with Gasteiger partial charge in [0.15, 0.2) is 0 Å². The van der Waals surface area contributed by atoms with E-state index in [1.165, 1.54) is 0 Å². The second-order valence-corrected chi connectivity index (χ2v) is 7.60. The second kappa shape index (κ2) is 7.11. The Balaban J connectivity index is 1.94. The van der Waals surface area contributed by atoms with E-state index in [-0.39, 0.29) is 17.6 Å². The number of carbonyl (C=O) groups is 2. The lowest BCUT2D eigenvalue weighted by molar-refractivity contribution is -0.130. The van der Waals surface area contributed by atoms with E-state index in [4.69, 9.17) is 0 Å². The molecule has 1 saturated heterocycles. The van der Waals surface area contributed by atoms with E-state index in [1.54, 1.807) is 18.7 Å². The molecule has 2 N–H and O–H groups in total. The molecule has 2 aliphatic rings. The number of likely N-dealkylation sites (tertiary alicyclic amines) is 1. The molecule has 1 fully saturated rings. The SMILES string of the molecule is CC#Cc1cc(C)c(C2=C(O)CC3(CCN(C(C)=O)CC3)NC2=O)c(C)c1. The van der Waals surface area contributed by atoms with Gasteiger partial charge in [0.2, 0.25) is 5.91 Å². The lowest BCUT2D eigenvalue weighted by Gasteiger charge is -2.44. The lowest BCUT2D eigenvalue weighted by Crippen LogP contribution is -2.58. The molecular weight excluding hydrogens is 340 g/mol. The Bertz CT molecular complexity index is 871. The van der Waals surface area contributed by atoms with Crippen molar-refractivity contribution in [1.82, 2.24) is 10.2 Å². The molecule has 2 amide bonds. The van der Waals surface area contributed by atoms with Gasteiger partial charge in [-0.1, -0.05) is 5.92 Å². The summed E-state index contributed by atoms with van der Waals surface area (Å²) < 4.78 is 0. The molecule has 0 unspecified atom stereocenters. The van der Waals surface area contributed by atoms with Crippen molar-refractivity contribution in [2.24, 2.45) is 0 Å². The van der Waals surface area contributed by atoms with Crippen LogP contribution in [0.4, 0.5) is 0 Å². The number of piperidine rings is 1. The number of amides is 2. The number of rotatable bonds is 1. The van der Waals surface area contributed by atoms with Crippen LogP contribution in [0.5, 0.6) is 0 Å². The fraction of sp³-hybridized carbons (Fsp3) is 0.455. The molecule has 0 saturated carbocycles. The van der Waals surface area contributed by atoms with Crippen molar-refractivity contribution in [2.45, 2.75) is 52.5 Å². The van der Waals surface area contributed by atoms with E-state index in [9.17, 15) is 14.7 Å². The zero-order valence-electron chi connectivity index (χ0n) is 16.4. The Morgan fingerprint density at radius 2 is 1.81 bits per heavy atom. The van der Waals surface area contributed by atoms with E-state index in [0.29, 0.717) is 37.9 Å². The molecule has 3 rings (SSSR count). The maximum Gasteiger partial charge on any atom is 0.255 e. The summed E-state index contributed by atoms with van der Waals surface area (Å²) in [5.74, 6) is 5.87. The first-order chi connectivity index (χ1) is 12.8. The van der Waals surface area contributed by atoms with Gasteiger partial charge in [-0.3, -0.25) is 9.59 Å². The molecular formula is C22H26N2O3. The molecule has 0 aromatic heterocycles. The van der Waals surface area contributed by atoms with E-state index >= 15 is 0 Å². The van der Waals surface area contributed by atoms with Crippen molar-refractivity contribution >= 4 is 17.4 Å². The van der Waals surface area contributed by atoms with E-state index in [2.05, 4.69) is 17.2 Å². The zero-order valence-corrected chi connectivity index (χ0v) is 16.4. The third-order valence-electron chi connectivity index (χ3n) is 5.62. The van der Waals surface area contributed by atoms with Crippen molar-refractivity contribution in [3.05, 3.63) is 40.1 Å². The topological polar surface area (TPSA) is 69.6 Å². The van der Waals surface area contributed by atoms with Crippen molar-refractivity contribution in [1.29, 1.82) is 0 Å². The van der Waals surface area contributed by atoms with Gasteiger partial charge in [-0.05, 0) is 62.4 Å². The highest BCUT2D eigenvalue weighted by Gasteiger charge is 2.42. The summed E-state index contributed by atoms with van der Waals surface area (Å²) in [6.07, 6.45) is 1.70. The molecule has 142 valence electrons. The second-order valence-electron chi connectivity index (χ2n) is 7.60. The van der Waals surface area contributed by atoms with Crippen molar-refractivity contribution in [3.63, 3.8) is 0 Å². The van der Waals surface area contributed by atoms with Crippen molar-refractivity contribution in [2.75, 3.05) is 13.1 Å². The molecule has 5 heteroatoms. The Labute approximate surface area is 160 Å². The monoisotopic (exact) mass is 366 g/mol. The molecule has 2 heterocycles. The Kier molecular flexibility index (Phi) is 5.01. The van der Waals surface area contributed by atoms with Crippen LogP contribution in [0.15, 0.2) is 17.9 Å². The van der Waals surface area contributed by atoms with Gasteiger partial charge in [0.05, 0.1) is 11.1 Å².